The van der Waals surface area contributed by atoms with Crippen LogP contribution in [0, 0.1) is 15.2 Å². The van der Waals surface area contributed by atoms with E-state index >= 15 is 0 Å². The summed E-state index contributed by atoms with van der Waals surface area (Å²) in [6.07, 6.45) is 1.42. The number of hydrogen-bond acceptors (Lipinski definition) is 2. The van der Waals surface area contributed by atoms with Crippen LogP contribution < -0.4 is 5.73 Å². The third kappa shape index (κ3) is 1.31. The molecule has 2 N–H and O–H groups in total. The first kappa shape index (κ1) is 9.57. The van der Waals surface area contributed by atoms with Crippen molar-refractivity contribution in [3.63, 3.8) is 0 Å². The van der Waals surface area contributed by atoms with Crippen LogP contribution in [0.5, 0.6) is 0 Å². The first-order chi connectivity index (χ1) is 6.61. The predicted octanol–water partition coefficient (Wildman–Crippen LogP) is 2.70. The predicted molar refractivity (Wildman–Crippen MR) is 58.8 cm³/mol. The lowest BCUT2D eigenvalue weighted by Gasteiger charge is -2.04. The molecule has 2 nitrogen and oxygen atoms in total. The highest BCUT2D eigenvalue weighted by Crippen LogP contribution is 2.26. The lowest BCUT2D eigenvalue weighted by Crippen LogP contribution is -1.96. The van der Waals surface area contributed by atoms with Crippen molar-refractivity contribution in [2.24, 2.45) is 0 Å². The van der Waals surface area contributed by atoms with Gasteiger partial charge in [0, 0.05) is 11.6 Å². The Morgan fingerprint density at radius 2 is 2.00 bits per heavy atom. The van der Waals surface area contributed by atoms with Gasteiger partial charge in [-0.1, -0.05) is 0 Å². The zero-order chi connectivity index (χ0) is 10.3. The summed E-state index contributed by atoms with van der Waals surface area (Å²) in [4.78, 5) is 3.80. The average molecular weight is 306 g/mol. The van der Waals surface area contributed by atoms with Crippen molar-refractivity contribution in [1.82, 2.24) is 4.98 Å². The molecule has 1 aromatic carbocycles. The molecule has 1 aromatic heterocycles. The Balaban J connectivity index is 2.94. The molecular weight excluding hydrogens is 301 g/mol. The van der Waals surface area contributed by atoms with Gasteiger partial charge in [0.1, 0.15) is 5.52 Å². The summed E-state index contributed by atoms with van der Waals surface area (Å²) in [7, 11) is 0. The largest absolute Gasteiger partial charge is 0.397 e. The molecule has 2 rings (SSSR count). The van der Waals surface area contributed by atoms with Crippen molar-refractivity contribution >= 4 is 39.2 Å². The van der Waals surface area contributed by atoms with Crippen molar-refractivity contribution in [3.05, 3.63) is 33.5 Å². The van der Waals surface area contributed by atoms with E-state index in [9.17, 15) is 8.78 Å². The third-order valence-electron chi connectivity index (χ3n) is 1.92. The van der Waals surface area contributed by atoms with Crippen molar-refractivity contribution < 1.29 is 8.78 Å². The maximum absolute atomic E-state index is 13.2. The van der Waals surface area contributed by atoms with E-state index in [0.717, 1.165) is 9.64 Å². The lowest BCUT2D eigenvalue weighted by atomic mass is 10.2. The molecule has 1 heterocycles. The number of rotatable bonds is 0. The fraction of sp³-hybridized carbons (Fsp3) is 0. The Morgan fingerprint density at radius 1 is 1.29 bits per heavy atom. The van der Waals surface area contributed by atoms with E-state index in [0.29, 0.717) is 11.1 Å². The fourth-order valence-electron chi connectivity index (χ4n) is 1.20. The lowest BCUT2D eigenvalue weighted by molar-refractivity contribution is 0.515. The van der Waals surface area contributed by atoms with E-state index in [2.05, 4.69) is 4.98 Å². The monoisotopic (exact) mass is 306 g/mol. The van der Waals surface area contributed by atoms with Crippen LogP contribution in [-0.4, -0.2) is 4.98 Å². The molecular formula is C9H5F2IN2. The first-order valence-corrected chi connectivity index (χ1v) is 4.87. The molecule has 0 aliphatic rings. The molecule has 0 spiro atoms. The minimum atomic E-state index is -0.953. The van der Waals surface area contributed by atoms with Crippen molar-refractivity contribution in [3.8, 4) is 0 Å². The van der Waals surface area contributed by atoms with Gasteiger partial charge >= 0.3 is 0 Å². The highest BCUT2D eigenvalue weighted by Gasteiger charge is 2.11. The maximum Gasteiger partial charge on any atom is 0.185 e. The first-order valence-electron chi connectivity index (χ1n) is 3.79. The van der Waals surface area contributed by atoms with Crippen LogP contribution in [0.1, 0.15) is 0 Å². The van der Waals surface area contributed by atoms with Crippen LogP contribution in [0.15, 0.2) is 18.3 Å². The molecule has 0 aliphatic heterocycles. The number of hydrogen-bond donors (Lipinski definition) is 1. The molecule has 0 bridgehead atoms. The van der Waals surface area contributed by atoms with Crippen LogP contribution in [0.3, 0.4) is 0 Å². The van der Waals surface area contributed by atoms with Gasteiger partial charge in [-0.2, -0.15) is 0 Å². The summed E-state index contributed by atoms with van der Waals surface area (Å²) in [5.74, 6) is -1.86. The minimum Gasteiger partial charge on any atom is -0.397 e. The van der Waals surface area contributed by atoms with Gasteiger partial charge in [0.2, 0.25) is 0 Å². The van der Waals surface area contributed by atoms with Gasteiger partial charge in [-0.05, 0) is 34.7 Å². The van der Waals surface area contributed by atoms with Gasteiger partial charge in [-0.3, -0.25) is 4.98 Å². The average Bonchev–Trinajstić information content (AvgIpc) is 2.17. The van der Waals surface area contributed by atoms with E-state index < -0.39 is 11.6 Å². The molecule has 0 saturated heterocycles. The van der Waals surface area contributed by atoms with Gasteiger partial charge in [-0.15, -0.1) is 0 Å². The van der Waals surface area contributed by atoms with Crippen molar-refractivity contribution in [2.75, 3.05) is 5.73 Å². The standard InChI is InChI=1S/C9H5F2IN2/c10-5-2-1-4-8(13)6(12)3-14-9(4)7(5)11/h1-3H,(H2,13,14). The third-order valence-corrected chi connectivity index (χ3v) is 2.78. The van der Waals surface area contributed by atoms with Gasteiger partial charge in [0.15, 0.2) is 11.6 Å². The molecule has 0 aliphatic carbocycles. The van der Waals surface area contributed by atoms with Gasteiger partial charge in [-0.25, -0.2) is 8.78 Å². The van der Waals surface area contributed by atoms with E-state index in [4.69, 9.17) is 5.73 Å². The van der Waals surface area contributed by atoms with E-state index in [1.165, 1.54) is 12.3 Å². The molecule has 14 heavy (non-hydrogen) atoms. The Bertz CT molecular complexity index is 466. The highest BCUT2D eigenvalue weighted by molar-refractivity contribution is 14.1. The molecule has 0 amide bonds. The van der Waals surface area contributed by atoms with E-state index in [-0.39, 0.29) is 5.52 Å². The quantitative estimate of drug-likeness (QED) is 0.760. The highest BCUT2D eigenvalue weighted by atomic mass is 127. The van der Waals surface area contributed by atoms with Crippen LogP contribution in [0.25, 0.3) is 10.9 Å². The smallest absolute Gasteiger partial charge is 0.185 e. The van der Waals surface area contributed by atoms with Crippen LogP contribution in [-0.2, 0) is 0 Å². The fourth-order valence-corrected chi connectivity index (χ4v) is 1.63. The summed E-state index contributed by atoms with van der Waals surface area (Å²) in [5.41, 5.74) is 6.10. The number of fused-ring (bicyclic) bond motifs is 1. The number of benzene rings is 1. The normalized spacial score (nSPS) is 10.8. The zero-order valence-electron chi connectivity index (χ0n) is 6.89. The molecule has 0 radical (unpaired) electrons. The number of nitrogens with zero attached hydrogens (tertiary/aromatic N) is 1. The van der Waals surface area contributed by atoms with E-state index in [1.54, 1.807) is 0 Å². The number of anilines is 1. The second-order valence-electron chi connectivity index (χ2n) is 2.78. The van der Waals surface area contributed by atoms with Crippen LogP contribution in [0.4, 0.5) is 14.5 Å². The summed E-state index contributed by atoms with van der Waals surface area (Å²) < 4.78 is 26.8. The summed E-state index contributed by atoms with van der Waals surface area (Å²) in [6.45, 7) is 0. The molecule has 0 fully saturated rings. The van der Waals surface area contributed by atoms with Crippen LogP contribution >= 0.6 is 22.6 Å². The SMILES string of the molecule is Nc1c(I)cnc2c(F)c(F)ccc12. The topological polar surface area (TPSA) is 38.9 Å². The molecule has 72 valence electrons. The van der Waals surface area contributed by atoms with E-state index in [1.807, 2.05) is 22.6 Å². The van der Waals surface area contributed by atoms with Crippen molar-refractivity contribution in [2.45, 2.75) is 0 Å². The van der Waals surface area contributed by atoms with Gasteiger partial charge in [0.05, 0.1) is 9.26 Å². The Hall–Kier alpha value is -0.980. The van der Waals surface area contributed by atoms with Crippen molar-refractivity contribution in [1.29, 1.82) is 0 Å². The molecule has 5 heteroatoms. The second kappa shape index (κ2) is 3.30. The Kier molecular flexibility index (Phi) is 2.26. The van der Waals surface area contributed by atoms with Gasteiger partial charge < -0.3 is 5.73 Å². The number of nitrogen functional groups attached to an aromatic ring is 1. The van der Waals surface area contributed by atoms with Crippen LogP contribution in [0.2, 0.25) is 0 Å². The number of pyridine rings is 1. The number of nitrogens with two attached hydrogens (primary N) is 1. The molecule has 2 aromatic rings. The number of halogens is 3. The molecule has 0 unspecified atom stereocenters. The molecule has 0 atom stereocenters. The summed E-state index contributed by atoms with van der Waals surface area (Å²) in [6, 6.07) is 2.48. The minimum absolute atomic E-state index is 0.0251. The Labute approximate surface area is 92.3 Å². The number of aromatic nitrogens is 1. The maximum atomic E-state index is 13.2. The zero-order valence-corrected chi connectivity index (χ0v) is 9.05. The summed E-state index contributed by atoms with van der Waals surface area (Å²) in [5, 5.41) is 0.441. The van der Waals surface area contributed by atoms with Gasteiger partial charge in [0.25, 0.3) is 0 Å². The molecule has 0 saturated carbocycles. The second-order valence-corrected chi connectivity index (χ2v) is 3.94. The Morgan fingerprint density at radius 3 is 2.71 bits per heavy atom. The summed E-state index contributed by atoms with van der Waals surface area (Å²) >= 11 is 1.99.